The van der Waals surface area contributed by atoms with E-state index in [-0.39, 0.29) is 5.78 Å². The lowest BCUT2D eigenvalue weighted by Crippen LogP contribution is -2.24. The summed E-state index contributed by atoms with van der Waals surface area (Å²) in [6.45, 7) is 1.44. The summed E-state index contributed by atoms with van der Waals surface area (Å²) in [4.78, 5) is 11.1. The van der Waals surface area contributed by atoms with Crippen LogP contribution in [0.4, 0.5) is 5.69 Å². The molecule has 82 valence electrons. The van der Waals surface area contributed by atoms with Gasteiger partial charge in [0, 0.05) is 12.6 Å². The summed E-state index contributed by atoms with van der Waals surface area (Å²) in [5.74, 6) is -0.0845. The Morgan fingerprint density at radius 1 is 1.33 bits per heavy atom. The molecular formula is C10H13NO3S. The largest absolute Gasteiger partial charge is 0.295 e. The van der Waals surface area contributed by atoms with Crippen molar-refractivity contribution in [1.82, 2.24) is 0 Å². The van der Waals surface area contributed by atoms with E-state index in [2.05, 4.69) is 0 Å². The van der Waals surface area contributed by atoms with Crippen molar-refractivity contribution in [2.24, 2.45) is 0 Å². The standard InChI is InChI=1S/C10H13NO3S/c1-8(12)9-5-4-6-10(7-9)11(2)15(3,13)14/h4-7H,1-3H3. The van der Waals surface area contributed by atoms with Gasteiger partial charge in [0.25, 0.3) is 0 Å². The normalized spacial score (nSPS) is 11.1. The minimum atomic E-state index is -3.28. The number of anilines is 1. The Morgan fingerprint density at radius 3 is 2.40 bits per heavy atom. The number of sulfonamides is 1. The third-order valence-electron chi connectivity index (χ3n) is 2.11. The summed E-state index contributed by atoms with van der Waals surface area (Å²) < 4.78 is 23.6. The van der Waals surface area contributed by atoms with Crippen molar-refractivity contribution in [3.05, 3.63) is 29.8 Å². The van der Waals surface area contributed by atoms with Gasteiger partial charge in [-0.1, -0.05) is 12.1 Å². The number of ketones is 1. The van der Waals surface area contributed by atoms with Crippen LogP contribution < -0.4 is 4.31 Å². The lowest BCUT2D eigenvalue weighted by atomic mass is 10.1. The predicted octanol–water partition coefficient (Wildman–Crippen LogP) is 1.29. The lowest BCUT2D eigenvalue weighted by molar-refractivity contribution is 0.101. The van der Waals surface area contributed by atoms with Crippen molar-refractivity contribution in [2.45, 2.75) is 6.92 Å². The molecule has 4 nitrogen and oxygen atoms in total. The molecule has 0 atom stereocenters. The summed E-state index contributed by atoms with van der Waals surface area (Å²) in [5.41, 5.74) is 0.994. The molecule has 0 aliphatic rings. The summed E-state index contributed by atoms with van der Waals surface area (Å²) in [6.07, 6.45) is 1.12. The number of rotatable bonds is 3. The first-order valence-electron chi connectivity index (χ1n) is 4.37. The fourth-order valence-corrected chi connectivity index (χ4v) is 1.61. The summed E-state index contributed by atoms with van der Waals surface area (Å²) >= 11 is 0. The topological polar surface area (TPSA) is 54.5 Å². The van der Waals surface area contributed by atoms with Crippen LogP contribution in [-0.4, -0.2) is 27.5 Å². The van der Waals surface area contributed by atoms with Crippen molar-refractivity contribution < 1.29 is 13.2 Å². The number of Topliss-reactive ketones (excluding diaryl/α,β-unsaturated/α-hetero) is 1. The molecule has 1 aromatic rings. The highest BCUT2D eigenvalue weighted by atomic mass is 32.2. The molecule has 0 heterocycles. The van der Waals surface area contributed by atoms with E-state index in [9.17, 15) is 13.2 Å². The van der Waals surface area contributed by atoms with Crippen LogP contribution in [0.1, 0.15) is 17.3 Å². The second-order valence-corrected chi connectivity index (χ2v) is 5.35. The highest BCUT2D eigenvalue weighted by Crippen LogP contribution is 2.17. The molecule has 0 spiro atoms. The first-order chi connectivity index (χ1) is 6.82. The Labute approximate surface area is 89.6 Å². The van der Waals surface area contributed by atoms with Gasteiger partial charge in [-0.3, -0.25) is 9.10 Å². The number of benzene rings is 1. The third kappa shape index (κ3) is 2.79. The fraction of sp³-hybridized carbons (Fsp3) is 0.300. The maximum absolute atomic E-state index is 11.3. The predicted molar refractivity (Wildman–Crippen MR) is 59.7 cm³/mol. The van der Waals surface area contributed by atoms with Crippen molar-refractivity contribution in [1.29, 1.82) is 0 Å². The van der Waals surface area contributed by atoms with E-state index in [4.69, 9.17) is 0 Å². The van der Waals surface area contributed by atoms with Crippen molar-refractivity contribution >= 4 is 21.5 Å². The first-order valence-corrected chi connectivity index (χ1v) is 6.22. The molecule has 0 bridgehead atoms. The Morgan fingerprint density at radius 2 is 1.93 bits per heavy atom. The van der Waals surface area contributed by atoms with Crippen LogP contribution in [0.15, 0.2) is 24.3 Å². The van der Waals surface area contributed by atoms with E-state index in [1.807, 2.05) is 0 Å². The molecule has 1 aromatic carbocycles. The quantitative estimate of drug-likeness (QED) is 0.731. The van der Waals surface area contributed by atoms with Crippen LogP contribution in [-0.2, 0) is 10.0 Å². The van der Waals surface area contributed by atoms with Crippen LogP contribution >= 0.6 is 0 Å². The molecule has 0 aliphatic heterocycles. The van der Waals surface area contributed by atoms with E-state index >= 15 is 0 Å². The molecule has 1 rings (SSSR count). The van der Waals surface area contributed by atoms with Gasteiger partial charge in [0.15, 0.2) is 5.78 Å². The Hall–Kier alpha value is -1.36. The summed E-state index contributed by atoms with van der Waals surface area (Å²) in [5, 5.41) is 0. The van der Waals surface area contributed by atoms with E-state index < -0.39 is 10.0 Å². The van der Waals surface area contributed by atoms with E-state index in [0.717, 1.165) is 10.6 Å². The number of hydrogen-bond acceptors (Lipinski definition) is 3. The van der Waals surface area contributed by atoms with Gasteiger partial charge in [-0.05, 0) is 19.1 Å². The van der Waals surface area contributed by atoms with E-state index in [1.54, 1.807) is 24.3 Å². The number of carbonyl (C=O) groups excluding carboxylic acids is 1. The van der Waals surface area contributed by atoms with E-state index in [0.29, 0.717) is 11.3 Å². The van der Waals surface area contributed by atoms with Gasteiger partial charge >= 0.3 is 0 Å². The van der Waals surface area contributed by atoms with Crippen molar-refractivity contribution in [2.75, 3.05) is 17.6 Å². The average Bonchev–Trinajstić information content (AvgIpc) is 2.15. The van der Waals surface area contributed by atoms with Crippen LogP contribution in [0.5, 0.6) is 0 Å². The minimum Gasteiger partial charge on any atom is -0.295 e. The molecule has 0 saturated carbocycles. The van der Waals surface area contributed by atoms with Gasteiger partial charge in [-0.25, -0.2) is 8.42 Å². The zero-order chi connectivity index (χ0) is 11.6. The summed E-state index contributed by atoms with van der Waals surface area (Å²) in [7, 11) is -1.82. The van der Waals surface area contributed by atoms with Crippen LogP contribution in [0.2, 0.25) is 0 Å². The molecule has 0 amide bonds. The van der Waals surface area contributed by atoms with Crippen molar-refractivity contribution in [3.63, 3.8) is 0 Å². The fourth-order valence-electron chi connectivity index (χ4n) is 1.11. The molecule has 0 unspecified atom stereocenters. The molecule has 0 N–H and O–H groups in total. The van der Waals surface area contributed by atoms with Gasteiger partial charge < -0.3 is 0 Å². The van der Waals surface area contributed by atoms with Crippen LogP contribution in [0, 0.1) is 0 Å². The van der Waals surface area contributed by atoms with Gasteiger partial charge in [-0.2, -0.15) is 0 Å². The van der Waals surface area contributed by atoms with Crippen LogP contribution in [0.25, 0.3) is 0 Å². The lowest BCUT2D eigenvalue weighted by Gasteiger charge is -2.16. The number of nitrogens with zero attached hydrogens (tertiary/aromatic N) is 1. The maximum Gasteiger partial charge on any atom is 0.231 e. The molecule has 0 aliphatic carbocycles. The van der Waals surface area contributed by atoms with Gasteiger partial charge in [-0.15, -0.1) is 0 Å². The maximum atomic E-state index is 11.3. The van der Waals surface area contributed by atoms with E-state index in [1.165, 1.54) is 14.0 Å². The monoisotopic (exact) mass is 227 g/mol. The SMILES string of the molecule is CC(=O)c1cccc(N(C)S(C)(=O)=O)c1. The summed E-state index contributed by atoms with van der Waals surface area (Å²) in [6, 6.07) is 6.52. The molecule has 15 heavy (non-hydrogen) atoms. The zero-order valence-electron chi connectivity index (χ0n) is 8.89. The van der Waals surface area contributed by atoms with Gasteiger partial charge in [0.2, 0.25) is 10.0 Å². The second-order valence-electron chi connectivity index (χ2n) is 3.34. The Kier molecular flexibility index (Phi) is 3.14. The third-order valence-corrected chi connectivity index (χ3v) is 3.32. The highest BCUT2D eigenvalue weighted by molar-refractivity contribution is 7.92. The number of carbonyl (C=O) groups is 1. The van der Waals surface area contributed by atoms with Crippen molar-refractivity contribution in [3.8, 4) is 0 Å². The number of hydrogen-bond donors (Lipinski definition) is 0. The van der Waals surface area contributed by atoms with Crippen LogP contribution in [0.3, 0.4) is 0 Å². The molecule has 0 radical (unpaired) electrons. The molecular weight excluding hydrogens is 214 g/mol. The zero-order valence-corrected chi connectivity index (χ0v) is 9.71. The molecule has 0 saturated heterocycles. The average molecular weight is 227 g/mol. The Balaban J connectivity index is 3.17. The molecule has 0 fully saturated rings. The first kappa shape index (κ1) is 11.7. The Bertz CT molecular complexity index is 479. The highest BCUT2D eigenvalue weighted by Gasteiger charge is 2.12. The smallest absolute Gasteiger partial charge is 0.231 e. The molecule has 5 heteroatoms. The minimum absolute atomic E-state index is 0.0845. The van der Waals surface area contributed by atoms with Gasteiger partial charge in [0.05, 0.1) is 11.9 Å². The van der Waals surface area contributed by atoms with Gasteiger partial charge in [0.1, 0.15) is 0 Å². The second kappa shape index (κ2) is 4.02. The molecule has 0 aromatic heterocycles.